The Kier molecular flexibility index (Phi) is 6.29. The van der Waals surface area contributed by atoms with Crippen molar-refractivity contribution in [2.75, 3.05) is 31.1 Å². The van der Waals surface area contributed by atoms with E-state index in [1.807, 2.05) is 30.3 Å². The van der Waals surface area contributed by atoms with Gasteiger partial charge in [-0.25, -0.2) is 0 Å². The normalized spacial score (nSPS) is 15.0. The minimum absolute atomic E-state index is 0.267. The monoisotopic (exact) mass is 351 g/mol. The van der Waals surface area contributed by atoms with Gasteiger partial charge in [-0.15, -0.1) is 0 Å². The molecule has 1 heterocycles. The second kappa shape index (κ2) is 8.86. The Hall–Kier alpha value is -2.33. The van der Waals surface area contributed by atoms with Crippen molar-refractivity contribution in [1.82, 2.24) is 4.90 Å². The van der Waals surface area contributed by atoms with Gasteiger partial charge in [0.15, 0.2) is 0 Å². The lowest BCUT2D eigenvalue weighted by atomic mass is 10.1. The van der Waals surface area contributed by atoms with E-state index in [1.165, 1.54) is 31.5 Å². The number of benzene rings is 2. The third kappa shape index (κ3) is 4.64. The highest BCUT2D eigenvalue weighted by Crippen LogP contribution is 2.24. The minimum atomic E-state index is 0.267. The van der Waals surface area contributed by atoms with E-state index < -0.39 is 0 Å². The Bertz CT molecular complexity index is 730. The average Bonchev–Trinajstić information content (AvgIpc) is 3.16. The van der Waals surface area contributed by atoms with Crippen molar-refractivity contribution in [3.63, 3.8) is 0 Å². The van der Waals surface area contributed by atoms with E-state index >= 15 is 0 Å². The molecule has 1 aliphatic heterocycles. The number of aromatic hydroxyl groups is 1. The summed E-state index contributed by atoms with van der Waals surface area (Å²) in [6.07, 6.45) is 4.37. The van der Waals surface area contributed by atoms with Crippen LogP contribution in [0.3, 0.4) is 0 Å². The average molecular weight is 351 g/mol. The molecule has 0 amide bonds. The minimum Gasteiger partial charge on any atom is -0.507 e. The van der Waals surface area contributed by atoms with E-state index in [2.05, 4.69) is 40.8 Å². The molecule has 4 heteroatoms. The number of nitrogens with zero attached hydrogens (tertiary/aromatic N) is 3. The summed E-state index contributed by atoms with van der Waals surface area (Å²) in [4.78, 5) is 9.21. The quantitative estimate of drug-likeness (QED) is 0.742. The lowest BCUT2D eigenvalue weighted by molar-refractivity contribution is 0.331. The van der Waals surface area contributed by atoms with Gasteiger partial charge >= 0.3 is 0 Å². The molecule has 2 aromatic carbocycles. The molecule has 0 radical (unpaired) electrons. The summed E-state index contributed by atoms with van der Waals surface area (Å²) in [5.74, 6) is 0.267. The standard InChI is InChI=1S/C22H29N3O/c1-3-25(4-2)21-12-9-19(22(26)15-21)16-23-20-10-7-18(8-11-20)17-24-13-5-6-14-24/h7-12,15-16,26H,3-6,13-14,17H2,1-2H3. The lowest BCUT2D eigenvalue weighted by Crippen LogP contribution is -2.21. The van der Waals surface area contributed by atoms with Crippen LogP contribution in [0.4, 0.5) is 11.4 Å². The van der Waals surface area contributed by atoms with Crippen LogP contribution >= 0.6 is 0 Å². The number of anilines is 1. The number of hydrogen-bond donors (Lipinski definition) is 1. The van der Waals surface area contributed by atoms with Crippen LogP contribution in [-0.4, -0.2) is 42.4 Å². The fraction of sp³-hybridized carbons (Fsp3) is 0.409. The number of hydrogen-bond acceptors (Lipinski definition) is 4. The SMILES string of the molecule is CCN(CC)c1ccc(C=Nc2ccc(CN3CCCC3)cc2)c(O)c1. The van der Waals surface area contributed by atoms with Gasteiger partial charge in [0.05, 0.1) is 5.69 Å². The van der Waals surface area contributed by atoms with Crippen LogP contribution in [0, 0.1) is 0 Å². The van der Waals surface area contributed by atoms with Gasteiger partial charge in [0.1, 0.15) is 5.75 Å². The van der Waals surface area contributed by atoms with Crippen LogP contribution in [0.25, 0.3) is 0 Å². The zero-order valence-corrected chi connectivity index (χ0v) is 15.9. The molecular formula is C22H29N3O. The fourth-order valence-corrected chi connectivity index (χ4v) is 3.46. The van der Waals surface area contributed by atoms with Crippen molar-refractivity contribution in [1.29, 1.82) is 0 Å². The molecule has 0 unspecified atom stereocenters. The van der Waals surface area contributed by atoms with Gasteiger partial charge in [-0.2, -0.15) is 0 Å². The molecule has 1 saturated heterocycles. The molecule has 0 saturated carbocycles. The van der Waals surface area contributed by atoms with Crippen molar-refractivity contribution in [2.45, 2.75) is 33.2 Å². The molecular weight excluding hydrogens is 322 g/mol. The smallest absolute Gasteiger partial charge is 0.126 e. The van der Waals surface area contributed by atoms with Gasteiger partial charge in [0.25, 0.3) is 0 Å². The molecule has 0 aromatic heterocycles. The molecule has 1 aliphatic rings. The van der Waals surface area contributed by atoms with Crippen LogP contribution in [0.15, 0.2) is 47.5 Å². The molecule has 1 fully saturated rings. The maximum absolute atomic E-state index is 10.3. The first-order chi connectivity index (χ1) is 12.7. The van der Waals surface area contributed by atoms with E-state index in [0.29, 0.717) is 0 Å². The predicted octanol–water partition coefficient (Wildman–Crippen LogP) is 4.58. The van der Waals surface area contributed by atoms with Gasteiger partial charge in [0, 0.05) is 43.2 Å². The van der Waals surface area contributed by atoms with Gasteiger partial charge in [-0.05, 0) is 69.6 Å². The number of phenolic OH excluding ortho intramolecular Hbond substituents is 1. The fourth-order valence-electron chi connectivity index (χ4n) is 3.46. The van der Waals surface area contributed by atoms with Crippen LogP contribution in [-0.2, 0) is 6.54 Å². The van der Waals surface area contributed by atoms with Crippen molar-refractivity contribution < 1.29 is 5.11 Å². The second-order valence-electron chi connectivity index (χ2n) is 6.82. The molecule has 0 aliphatic carbocycles. The Balaban J connectivity index is 1.65. The summed E-state index contributed by atoms with van der Waals surface area (Å²) in [7, 11) is 0. The summed E-state index contributed by atoms with van der Waals surface area (Å²) < 4.78 is 0. The summed E-state index contributed by atoms with van der Waals surface area (Å²) >= 11 is 0. The highest BCUT2D eigenvalue weighted by atomic mass is 16.3. The Labute approximate surface area is 156 Å². The number of phenols is 1. The number of likely N-dealkylation sites (tertiary alicyclic amines) is 1. The molecule has 138 valence electrons. The van der Waals surface area contributed by atoms with Crippen LogP contribution < -0.4 is 4.90 Å². The Morgan fingerprint density at radius 1 is 1.04 bits per heavy atom. The zero-order valence-electron chi connectivity index (χ0n) is 15.9. The van der Waals surface area contributed by atoms with Gasteiger partial charge in [-0.1, -0.05) is 12.1 Å². The summed E-state index contributed by atoms with van der Waals surface area (Å²) in [6.45, 7) is 9.52. The van der Waals surface area contributed by atoms with Gasteiger partial charge in [0.2, 0.25) is 0 Å². The maximum Gasteiger partial charge on any atom is 0.126 e. The maximum atomic E-state index is 10.3. The molecule has 0 atom stereocenters. The number of aliphatic imine (C=N–C) groups is 1. The van der Waals surface area contributed by atoms with E-state index in [0.717, 1.165) is 36.6 Å². The third-order valence-electron chi connectivity index (χ3n) is 5.04. The first-order valence-electron chi connectivity index (χ1n) is 9.63. The van der Waals surface area contributed by atoms with Crippen molar-refractivity contribution >= 4 is 17.6 Å². The van der Waals surface area contributed by atoms with E-state index in [-0.39, 0.29) is 5.75 Å². The van der Waals surface area contributed by atoms with E-state index in [4.69, 9.17) is 0 Å². The molecule has 0 spiro atoms. The van der Waals surface area contributed by atoms with Crippen molar-refractivity contribution in [2.24, 2.45) is 4.99 Å². The summed E-state index contributed by atoms with van der Waals surface area (Å²) in [5.41, 5.74) is 4.01. The highest BCUT2D eigenvalue weighted by Gasteiger charge is 2.11. The predicted molar refractivity (Wildman–Crippen MR) is 110 cm³/mol. The Morgan fingerprint density at radius 2 is 1.73 bits per heavy atom. The van der Waals surface area contributed by atoms with Gasteiger partial charge in [-0.3, -0.25) is 9.89 Å². The lowest BCUT2D eigenvalue weighted by Gasteiger charge is -2.21. The molecule has 3 rings (SSSR count). The molecule has 2 aromatic rings. The largest absolute Gasteiger partial charge is 0.507 e. The van der Waals surface area contributed by atoms with E-state index in [1.54, 1.807) is 6.21 Å². The third-order valence-corrected chi connectivity index (χ3v) is 5.04. The first-order valence-corrected chi connectivity index (χ1v) is 9.63. The van der Waals surface area contributed by atoms with Crippen LogP contribution in [0.2, 0.25) is 0 Å². The zero-order chi connectivity index (χ0) is 18.4. The molecule has 26 heavy (non-hydrogen) atoms. The summed E-state index contributed by atoms with van der Waals surface area (Å²) in [6, 6.07) is 14.2. The topological polar surface area (TPSA) is 39.1 Å². The number of rotatable bonds is 7. The second-order valence-corrected chi connectivity index (χ2v) is 6.82. The van der Waals surface area contributed by atoms with Crippen LogP contribution in [0.1, 0.15) is 37.8 Å². The molecule has 1 N–H and O–H groups in total. The van der Waals surface area contributed by atoms with Crippen molar-refractivity contribution in [3.05, 3.63) is 53.6 Å². The molecule has 0 bridgehead atoms. The van der Waals surface area contributed by atoms with Gasteiger partial charge < -0.3 is 10.0 Å². The first kappa shape index (κ1) is 18.5. The van der Waals surface area contributed by atoms with E-state index in [9.17, 15) is 5.11 Å². The van der Waals surface area contributed by atoms with Crippen LogP contribution in [0.5, 0.6) is 5.75 Å². The Morgan fingerprint density at radius 3 is 2.35 bits per heavy atom. The van der Waals surface area contributed by atoms with Crippen molar-refractivity contribution in [3.8, 4) is 5.75 Å². The highest BCUT2D eigenvalue weighted by molar-refractivity contribution is 5.86. The summed E-state index contributed by atoms with van der Waals surface area (Å²) in [5, 5.41) is 10.3. The molecule has 4 nitrogen and oxygen atoms in total.